The number of piperidine rings is 1. The van der Waals surface area contributed by atoms with Crippen LogP contribution in [0.1, 0.15) is 17.7 Å². The summed E-state index contributed by atoms with van der Waals surface area (Å²) in [5.74, 6) is 0.140. The van der Waals surface area contributed by atoms with Crippen molar-refractivity contribution in [2.45, 2.75) is 25.5 Å². The highest BCUT2D eigenvalue weighted by Crippen LogP contribution is 2.21. The Balaban J connectivity index is 1.79. The van der Waals surface area contributed by atoms with Gasteiger partial charge >= 0.3 is 0 Å². The first kappa shape index (κ1) is 15.0. The number of rotatable bonds is 4. The molecule has 1 amide bonds. The highest BCUT2D eigenvalue weighted by molar-refractivity contribution is 9.10. The van der Waals surface area contributed by atoms with Gasteiger partial charge in [0.2, 0.25) is 5.91 Å². The van der Waals surface area contributed by atoms with E-state index in [2.05, 4.69) is 20.8 Å². The van der Waals surface area contributed by atoms with Gasteiger partial charge in [0.05, 0.1) is 19.2 Å². The molecule has 1 saturated heterocycles. The van der Waals surface area contributed by atoms with Crippen LogP contribution in [0.4, 0.5) is 0 Å². The zero-order chi connectivity index (χ0) is 13.8. The van der Waals surface area contributed by atoms with E-state index in [1.165, 1.54) is 4.88 Å². The molecule has 0 spiro atoms. The van der Waals surface area contributed by atoms with Crippen LogP contribution in [0, 0.1) is 0 Å². The highest BCUT2D eigenvalue weighted by Gasteiger charge is 2.20. The smallest absolute Gasteiger partial charge is 0.236 e. The normalized spacial score (nSPS) is 17.6. The first-order chi connectivity index (χ1) is 9.04. The summed E-state index contributed by atoms with van der Waals surface area (Å²) in [4.78, 5) is 17.2. The lowest BCUT2D eigenvalue weighted by atomic mass is 10.1. The summed E-state index contributed by atoms with van der Waals surface area (Å²) in [6.45, 7) is 2.73. The van der Waals surface area contributed by atoms with Crippen LogP contribution in [0.3, 0.4) is 0 Å². The lowest BCUT2D eigenvalue weighted by Gasteiger charge is -2.30. The Labute approximate surface area is 126 Å². The predicted octanol–water partition coefficient (Wildman–Crippen LogP) is 1.93. The fraction of sp³-hybridized carbons (Fsp3) is 0.615. The van der Waals surface area contributed by atoms with Gasteiger partial charge in [-0.2, -0.15) is 0 Å². The van der Waals surface area contributed by atoms with E-state index >= 15 is 0 Å². The minimum atomic E-state index is -0.187. The molecule has 1 aromatic rings. The summed E-state index contributed by atoms with van der Waals surface area (Å²) >= 11 is 5.07. The minimum Gasteiger partial charge on any atom is -0.393 e. The fourth-order valence-corrected chi connectivity index (χ4v) is 3.65. The lowest BCUT2D eigenvalue weighted by molar-refractivity contribution is -0.132. The molecule has 1 aromatic heterocycles. The van der Waals surface area contributed by atoms with Crippen molar-refractivity contribution in [3.05, 3.63) is 20.8 Å². The van der Waals surface area contributed by atoms with Gasteiger partial charge < -0.3 is 10.0 Å². The third-order valence-electron chi connectivity index (χ3n) is 3.36. The Hall–Kier alpha value is -0.430. The number of carbonyl (C=O) groups excluding carboxylic acids is 1. The van der Waals surface area contributed by atoms with E-state index in [4.69, 9.17) is 0 Å². The molecular weight excluding hydrogens is 328 g/mol. The number of aliphatic hydroxyl groups excluding tert-OH is 1. The summed E-state index contributed by atoms with van der Waals surface area (Å²) in [7, 11) is 1.84. The van der Waals surface area contributed by atoms with Gasteiger partial charge in [-0.25, -0.2) is 0 Å². The standard InChI is InChI=1S/C13H19BrN2O2S/c1-15(7-12-6-10(14)9-19-12)13(18)8-16-4-2-11(17)3-5-16/h6,9,11,17H,2-5,7-8H2,1H3. The Bertz CT molecular complexity index is 430. The van der Waals surface area contributed by atoms with Crippen LogP contribution in [0.25, 0.3) is 0 Å². The van der Waals surface area contributed by atoms with Gasteiger partial charge in [0.25, 0.3) is 0 Å². The largest absolute Gasteiger partial charge is 0.393 e. The fourth-order valence-electron chi connectivity index (χ4n) is 2.15. The molecule has 2 heterocycles. The lowest BCUT2D eigenvalue weighted by Crippen LogP contribution is -2.42. The molecule has 1 N–H and O–H groups in total. The number of hydrogen-bond acceptors (Lipinski definition) is 4. The molecule has 4 nitrogen and oxygen atoms in total. The second kappa shape index (κ2) is 6.83. The van der Waals surface area contributed by atoms with Gasteiger partial charge in [-0.1, -0.05) is 0 Å². The first-order valence-corrected chi connectivity index (χ1v) is 8.09. The second-order valence-corrected chi connectivity index (χ2v) is 6.90. The maximum atomic E-state index is 12.1. The number of nitrogens with zero attached hydrogens (tertiary/aromatic N) is 2. The van der Waals surface area contributed by atoms with Crippen molar-refractivity contribution < 1.29 is 9.90 Å². The zero-order valence-corrected chi connectivity index (χ0v) is 13.4. The molecule has 0 radical (unpaired) electrons. The van der Waals surface area contributed by atoms with Crippen LogP contribution in [-0.2, 0) is 11.3 Å². The zero-order valence-electron chi connectivity index (χ0n) is 11.0. The van der Waals surface area contributed by atoms with Crippen LogP contribution in [0.2, 0.25) is 0 Å². The van der Waals surface area contributed by atoms with Gasteiger partial charge in [0.1, 0.15) is 0 Å². The average Bonchev–Trinajstić information content (AvgIpc) is 2.77. The maximum Gasteiger partial charge on any atom is 0.236 e. The van der Waals surface area contributed by atoms with E-state index in [1.54, 1.807) is 16.2 Å². The van der Waals surface area contributed by atoms with Crippen LogP contribution in [-0.4, -0.2) is 53.6 Å². The van der Waals surface area contributed by atoms with Gasteiger partial charge in [-0.05, 0) is 34.8 Å². The molecule has 106 valence electrons. The molecule has 6 heteroatoms. The number of carbonyl (C=O) groups is 1. The maximum absolute atomic E-state index is 12.1. The van der Waals surface area contributed by atoms with Crippen molar-refractivity contribution in [1.29, 1.82) is 0 Å². The summed E-state index contributed by atoms with van der Waals surface area (Å²) in [6, 6.07) is 2.05. The average molecular weight is 347 g/mol. The first-order valence-electron chi connectivity index (χ1n) is 6.42. The number of halogens is 1. The third-order valence-corrected chi connectivity index (χ3v) is 5.04. The predicted molar refractivity (Wildman–Crippen MR) is 80.2 cm³/mol. The van der Waals surface area contributed by atoms with Crippen molar-refractivity contribution in [1.82, 2.24) is 9.80 Å². The molecule has 0 aliphatic carbocycles. The molecule has 0 bridgehead atoms. The third kappa shape index (κ3) is 4.56. The SMILES string of the molecule is CN(Cc1cc(Br)cs1)C(=O)CN1CCC(O)CC1. The number of amides is 1. The van der Waals surface area contributed by atoms with E-state index in [1.807, 2.05) is 18.5 Å². The van der Waals surface area contributed by atoms with E-state index in [9.17, 15) is 9.90 Å². The molecule has 0 atom stereocenters. The van der Waals surface area contributed by atoms with Crippen molar-refractivity contribution >= 4 is 33.2 Å². The van der Waals surface area contributed by atoms with Crippen molar-refractivity contribution in [2.24, 2.45) is 0 Å². The van der Waals surface area contributed by atoms with Crippen LogP contribution < -0.4 is 0 Å². The molecule has 0 saturated carbocycles. The highest BCUT2D eigenvalue weighted by atomic mass is 79.9. The number of thiophene rings is 1. The summed E-state index contributed by atoms with van der Waals surface area (Å²) in [5.41, 5.74) is 0. The van der Waals surface area contributed by atoms with Crippen LogP contribution in [0.15, 0.2) is 15.9 Å². The number of aliphatic hydroxyl groups is 1. The van der Waals surface area contributed by atoms with Gasteiger partial charge in [0.15, 0.2) is 0 Å². The minimum absolute atomic E-state index is 0.140. The Morgan fingerprint density at radius 1 is 1.58 bits per heavy atom. The molecule has 2 rings (SSSR count). The second-order valence-electron chi connectivity index (χ2n) is 4.99. The molecule has 0 aromatic carbocycles. The molecule has 1 aliphatic rings. The monoisotopic (exact) mass is 346 g/mol. The Kier molecular flexibility index (Phi) is 5.38. The molecule has 1 aliphatic heterocycles. The summed E-state index contributed by atoms with van der Waals surface area (Å²) < 4.78 is 1.07. The Morgan fingerprint density at radius 2 is 2.26 bits per heavy atom. The molecule has 19 heavy (non-hydrogen) atoms. The summed E-state index contributed by atoms with van der Waals surface area (Å²) in [5, 5.41) is 11.5. The molecular formula is C13H19BrN2O2S. The van der Waals surface area contributed by atoms with Gasteiger partial charge in [-0.15, -0.1) is 11.3 Å². The quantitative estimate of drug-likeness (QED) is 0.905. The number of hydrogen-bond donors (Lipinski definition) is 1. The Morgan fingerprint density at radius 3 is 2.84 bits per heavy atom. The number of likely N-dealkylation sites (N-methyl/N-ethyl adjacent to an activating group) is 1. The van der Waals surface area contributed by atoms with Gasteiger partial charge in [-0.3, -0.25) is 9.69 Å². The summed E-state index contributed by atoms with van der Waals surface area (Å²) in [6.07, 6.45) is 1.36. The van der Waals surface area contributed by atoms with E-state index < -0.39 is 0 Å². The van der Waals surface area contributed by atoms with E-state index in [0.29, 0.717) is 13.1 Å². The topological polar surface area (TPSA) is 43.8 Å². The van der Waals surface area contributed by atoms with E-state index in [0.717, 1.165) is 30.4 Å². The number of likely N-dealkylation sites (tertiary alicyclic amines) is 1. The van der Waals surface area contributed by atoms with Crippen molar-refractivity contribution in [3.63, 3.8) is 0 Å². The van der Waals surface area contributed by atoms with E-state index in [-0.39, 0.29) is 12.0 Å². The van der Waals surface area contributed by atoms with Crippen LogP contribution >= 0.6 is 27.3 Å². The van der Waals surface area contributed by atoms with Crippen molar-refractivity contribution in [2.75, 3.05) is 26.7 Å². The van der Waals surface area contributed by atoms with Crippen LogP contribution in [0.5, 0.6) is 0 Å². The van der Waals surface area contributed by atoms with Crippen molar-refractivity contribution in [3.8, 4) is 0 Å². The molecule has 1 fully saturated rings. The molecule has 0 unspecified atom stereocenters. The van der Waals surface area contributed by atoms with Gasteiger partial charge in [0, 0.05) is 34.9 Å².